The number of rotatable bonds is 4. The lowest BCUT2D eigenvalue weighted by Gasteiger charge is -2.01. The second-order valence-corrected chi connectivity index (χ2v) is 6.01. The van der Waals surface area contributed by atoms with Crippen LogP contribution in [0.5, 0.6) is 0 Å². The summed E-state index contributed by atoms with van der Waals surface area (Å²) in [6.45, 7) is 5.93. The minimum Gasteiger partial charge on any atom is -0.364 e. The van der Waals surface area contributed by atoms with E-state index in [-0.39, 0.29) is 11.0 Å². The molecule has 0 unspecified atom stereocenters. The zero-order valence-corrected chi connectivity index (χ0v) is 12.4. The molecule has 2 rings (SSSR count). The van der Waals surface area contributed by atoms with Gasteiger partial charge in [0.25, 0.3) is 5.91 Å². The number of amides is 1. The molecule has 0 bridgehead atoms. The van der Waals surface area contributed by atoms with Crippen LogP contribution in [-0.2, 0) is 6.42 Å². The number of pyridine rings is 1. The zero-order chi connectivity index (χ0) is 14.7. The minimum atomic E-state index is -0.474. The predicted molar refractivity (Wildman–Crippen MR) is 78.2 cm³/mol. The van der Waals surface area contributed by atoms with Gasteiger partial charge < -0.3 is 4.98 Å². The summed E-state index contributed by atoms with van der Waals surface area (Å²) >= 11 is 1.33. The summed E-state index contributed by atoms with van der Waals surface area (Å²) in [7, 11) is 0. The monoisotopic (exact) mass is 292 g/mol. The summed E-state index contributed by atoms with van der Waals surface area (Å²) in [4.78, 5) is 26.5. The van der Waals surface area contributed by atoms with E-state index in [0.717, 1.165) is 11.4 Å². The van der Waals surface area contributed by atoms with Crippen molar-refractivity contribution in [2.75, 3.05) is 5.32 Å². The molecule has 0 saturated heterocycles. The third kappa shape index (κ3) is 3.51. The van der Waals surface area contributed by atoms with Crippen molar-refractivity contribution in [1.29, 1.82) is 0 Å². The minimum absolute atomic E-state index is 0.0659. The van der Waals surface area contributed by atoms with Crippen LogP contribution in [0.25, 0.3) is 0 Å². The Balaban J connectivity index is 2.11. The molecule has 2 aromatic rings. The maximum Gasteiger partial charge on any atom is 0.262 e. The van der Waals surface area contributed by atoms with Gasteiger partial charge in [0.1, 0.15) is 10.6 Å². The smallest absolute Gasteiger partial charge is 0.262 e. The molecule has 6 nitrogen and oxygen atoms in total. The first kappa shape index (κ1) is 14.4. The molecule has 2 aromatic heterocycles. The van der Waals surface area contributed by atoms with Gasteiger partial charge in [-0.05, 0) is 12.8 Å². The Morgan fingerprint density at radius 3 is 2.85 bits per heavy atom. The first-order valence-electron chi connectivity index (χ1n) is 6.28. The maximum absolute atomic E-state index is 12.0. The van der Waals surface area contributed by atoms with Gasteiger partial charge in [0, 0.05) is 24.4 Å². The Hall–Kier alpha value is -2.02. The predicted octanol–water partition coefficient (Wildman–Crippen LogP) is 1.99. The van der Waals surface area contributed by atoms with Crippen LogP contribution in [0.4, 0.5) is 5.13 Å². The second-order valence-electron chi connectivity index (χ2n) is 4.95. The number of aryl methyl sites for hydroxylation is 1. The summed E-state index contributed by atoms with van der Waals surface area (Å²) in [6.07, 6.45) is 2.22. The molecule has 0 spiro atoms. The lowest BCUT2D eigenvalue weighted by molar-refractivity contribution is 0.102. The Morgan fingerprint density at radius 2 is 2.20 bits per heavy atom. The van der Waals surface area contributed by atoms with Crippen molar-refractivity contribution >= 4 is 22.4 Å². The van der Waals surface area contributed by atoms with Gasteiger partial charge in [-0.2, -0.15) is 0 Å². The molecule has 0 atom stereocenters. The van der Waals surface area contributed by atoms with Crippen LogP contribution in [0.1, 0.15) is 34.9 Å². The van der Waals surface area contributed by atoms with Gasteiger partial charge in [-0.1, -0.05) is 25.2 Å². The number of anilines is 1. The molecular weight excluding hydrogens is 276 g/mol. The lowest BCUT2D eigenvalue weighted by Crippen LogP contribution is -2.21. The summed E-state index contributed by atoms with van der Waals surface area (Å²) in [5, 5.41) is 11.8. The Labute approximate surface area is 120 Å². The molecule has 0 aliphatic heterocycles. The maximum atomic E-state index is 12.0. The zero-order valence-electron chi connectivity index (χ0n) is 11.6. The Bertz CT molecular complexity index is 675. The number of carbonyl (C=O) groups is 1. The summed E-state index contributed by atoms with van der Waals surface area (Å²) in [6, 6.07) is 1.39. The molecule has 0 fully saturated rings. The number of hydrogen-bond acceptors (Lipinski definition) is 5. The number of nitrogens with zero attached hydrogens (tertiary/aromatic N) is 2. The molecule has 0 radical (unpaired) electrons. The van der Waals surface area contributed by atoms with Gasteiger partial charge in [0.05, 0.1) is 0 Å². The molecule has 2 heterocycles. The first-order valence-corrected chi connectivity index (χ1v) is 7.10. The number of aromatic amines is 1. The largest absolute Gasteiger partial charge is 0.364 e. The van der Waals surface area contributed by atoms with Gasteiger partial charge in [-0.25, -0.2) is 0 Å². The summed E-state index contributed by atoms with van der Waals surface area (Å²) in [5.41, 5.74) is 0.462. The molecule has 0 aliphatic carbocycles. The van der Waals surface area contributed by atoms with E-state index < -0.39 is 5.91 Å². The van der Waals surface area contributed by atoms with Crippen molar-refractivity contribution < 1.29 is 4.79 Å². The standard InChI is InChI=1S/C13H16N4O2S/c1-7(2)4-11-16-17-13(20-11)15-12(19)9-6-14-8(3)5-10(9)18/h5-7H,4H2,1-3H3,(H,14,18)(H,15,17,19). The number of hydrogen-bond donors (Lipinski definition) is 2. The highest BCUT2D eigenvalue weighted by atomic mass is 32.1. The van der Waals surface area contributed by atoms with Crippen LogP contribution >= 0.6 is 11.3 Å². The van der Waals surface area contributed by atoms with Gasteiger partial charge >= 0.3 is 0 Å². The molecule has 7 heteroatoms. The van der Waals surface area contributed by atoms with Crippen LogP contribution in [-0.4, -0.2) is 21.1 Å². The molecule has 0 aromatic carbocycles. The fourth-order valence-electron chi connectivity index (χ4n) is 1.65. The summed E-state index contributed by atoms with van der Waals surface area (Å²) < 4.78 is 0. The highest BCUT2D eigenvalue weighted by Crippen LogP contribution is 2.18. The third-order valence-corrected chi connectivity index (χ3v) is 3.43. The van der Waals surface area contributed by atoms with Crippen molar-refractivity contribution in [2.45, 2.75) is 27.2 Å². The molecule has 2 N–H and O–H groups in total. The highest BCUT2D eigenvalue weighted by Gasteiger charge is 2.13. The van der Waals surface area contributed by atoms with Crippen molar-refractivity contribution in [3.63, 3.8) is 0 Å². The molecule has 1 amide bonds. The highest BCUT2D eigenvalue weighted by molar-refractivity contribution is 7.15. The topological polar surface area (TPSA) is 87.7 Å². The van der Waals surface area contributed by atoms with Crippen molar-refractivity contribution in [2.24, 2.45) is 5.92 Å². The first-order chi connectivity index (χ1) is 9.45. The lowest BCUT2D eigenvalue weighted by atomic mass is 10.1. The van der Waals surface area contributed by atoms with Crippen molar-refractivity contribution in [3.8, 4) is 0 Å². The van der Waals surface area contributed by atoms with Crippen molar-refractivity contribution in [1.82, 2.24) is 15.2 Å². The average Bonchev–Trinajstić information content (AvgIpc) is 2.75. The molecule has 20 heavy (non-hydrogen) atoms. The second kappa shape index (κ2) is 5.96. The quantitative estimate of drug-likeness (QED) is 0.902. The van der Waals surface area contributed by atoms with E-state index in [9.17, 15) is 9.59 Å². The summed E-state index contributed by atoms with van der Waals surface area (Å²) in [5.74, 6) is 0.00458. The van der Waals surface area contributed by atoms with E-state index in [1.807, 2.05) is 0 Å². The molecule has 0 saturated carbocycles. The number of carbonyl (C=O) groups excluding carboxylic acids is 1. The van der Waals surface area contributed by atoms with Crippen LogP contribution in [0.15, 0.2) is 17.1 Å². The van der Waals surface area contributed by atoms with Gasteiger partial charge in [0.15, 0.2) is 5.43 Å². The van der Waals surface area contributed by atoms with E-state index in [4.69, 9.17) is 0 Å². The normalized spacial score (nSPS) is 10.8. The van der Waals surface area contributed by atoms with Gasteiger partial charge in [-0.15, -0.1) is 10.2 Å². The fourth-order valence-corrected chi connectivity index (χ4v) is 2.60. The van der Waals surface area contributed by atoms with E-state index >= 15 is 0 Å². The van der Waals surface area contributed by atoms with Crippen LogP contribution < -0.4 is 10.7 Å². The van der Waals surface area contributed by atoms with E-state index in [0.29, 0.717) is 16.7 Å². The SMILES string of the molecule is Cc1cc(=O)c(C(=O)Nc2nnc(CC(C)C)s2)c[nH]1. The number of nitrogens with one attached hydrogen (secondary N) is 2. The van der Waals surface area contributed by atoms with Gasteiger partial charge in [-0.3, -0.25) is 14.9 Å². The molecular formula is C13H16N4O2S. The molecule has 0 aliphatic rings. The van der Waals surface area contributed by atoms with E-state index in [1.54, 1.807) is 6.92 Å². The van der Waals surface area contributed by atoms with Crippen molar-refractivity contribution in [3.05, 3.63) is 38.8 Å². The number of aromatic nitrogens is 3. The van der Waals surface area contributed by atoms with Crippen LogP contribution in [0.3, 0.4) is 0 Å². The van der Waals surface area contributed by atoms with Gasteiger partial charge in [0.2, 0.25) is 5.13 Å². The van der Waals surface area contributed by atoms with E-state index in [2.05, 4.69) is 34.3 Å². The Kier molecular flexibility index (Phi) is 4.29. The Morgan fingerprint density at radius 1 is 1.45 bits per heavy atom. The van der Waals surface area contributed by atoms with E-state index in [1.165, 1.54) is 23.6 Å². The van der Waals surface area contributed by atoms with Crippen LogP contribution in [0, 0.1) is 12.8 Å². The third-order valence-electron chi connectivity index (χ3n) is 2.57. The van der Waals surface area contributed by atoms with Crippen LogP contribution in [0.2, 0.25) is 0 Å². The number of H-pyrrole nitrogens is 1. The average molecular weight is 292 g/mol. The molecule has 106 valence electrons. The fraction of sp³-hybridized carbons (Fsp3) is 0.385.